The molecule has 1 aliphatic rings. The highest BCUT2D eigenvalue weighted by Gasteiger charge is 2.23. The lowest BCUT2D eigenvalue weighted by Crippen LogP contribution is -3.13. The standard InChI is InChI=1S/C20H23F2N3OS/c1-14-3-5-17(12-18(14)22)23-20(27)25-9-7-24(8-10-25)13-15-11-16(21)4-6-19(15)26-2/h3-6,11-12H,7-10,13H2,1-2H3,(H,23,27)/p+1. The summed E-state index contributed by atoms with van der Waals surface area (Å²) in [6.07, 6.45) is 0. The van der Waals surface area contributed by atoms with Crippen molar-refractivity contribution in [1.29, 1.82) is 0 Å². The van der Waals surface area contributed by atoms with E-state index < -0.39 is 0 Å². The number of aryl methyl sites for hydroxylation is 1. The Hall–Kier alpha value is -2.25. The van der Waals surface area contributed by atoms with Crippen LogP contribution in [-0.2, 0) is 6.54 Å². The monoisotopic (exact) mass is 392 g/mol. The van der Waals surface area contributed by atoms with Gasteiger partial charge in [0.25, 0.3) is 0 Å². The van der Waals surface area contributed by atoms with Gasteiger partial charge >= 0.3 is 0 Å². The number of hydrogen-bond donors (Lipinski definition) is 2. The average molecular weight is 392 g/mol. The van der Waals surface area contributed by atoms with Gasteiger partial charge in [0, 0.05) is 5.69 Å². The number of ether oxygens (including phenoxy) is 1. The van der Waals surface area contributed by atoms with E-state index in [2.05, 4.69) is 10.2 Å². The molecule has 27 heavy (non-hydrogen) atoms. The summed E-state index contributed by atoms with van der Waals surface area (Å²) in [5.74, 6) is 0.213. The fourth-order valence-corrected chi connectivity index (χ4v) is 3.53. The van der Waals surface area contributed by atoms with Crippen molar-refractivity contribution >= 4 is 23.0 Å². The first-order valence-corrected chi connectivity index (χ1v) is 9.35. The van der Waals surface area contributed by atoms with Gasteiger partial charge in [-0.15, -0.1) is 0 Å². The molecule has 3 rings (SSSR count). The molecule has 1 heterocycles. The van der Waals surface area contributed by atoms with E-state index in [9.17, 15) is 8.78 Å². The Morgan fingerprint density at radius 3 is 2.59 bits per heavy atom. The zero-order valence-corrected chi connectivity index (χ0v) is 16.3. The van der Waals surface area contributed by atoms with E-state index in [1.54, 1.807) is 26.2 Å². The fourth-order valence-electron chi connectivity index (χ4n) is 3.23. The van der Waals surface area contributed by atoms with Crippen LogP contribution in [0.4, 0.5) is 14.5 Å². The van der Waals surface area contributed by atoms with Crippen molar-refractivity contribution < 1.29 is 18.4 Å². The highest BCUT2D eigenvalue weighted by Crippen LogP contribution is 2.18. The van der Waals surface area contributed by atoms with Crippen LogP contribution in [0.2, 0.25) is 0 Å². The number of hydrogen-bond acceptors (Lipinski definition) is 2. The van der Waals surface area contributed by atoms with Gasteiger partial charge in [-0.2, -0.15) is 0 Å². The summed E-state index contributed by atoms with van der Waals surface area (Å²) in [6.45, 7) is 5.76. The molecule has 0 bridgehead atoms. The number of piperazine rings is 1. The number of rotatable bonds is 4. The highest BCUT2D eigenvalue weighted by molar-refractivity contribution is 7.80. The number of thiocarbonyl (C=S) groups is 1. The van der Waals surface area contributed by atoms with Crippen molar-refractivity contribution in [1.82, 2.24) is 4.90 Å². The van der Waals surface area contributed by atoms with Crippen molar-refractivity contribution in [2.45, 2.75) is 13.5 Å². The summed E-state index contributed by atoms with van der Waals surface area (Å²) in [5.41, 5.74) is 2.13. The first-order valence-electron chi connectivity index (χ1n) is 8.94. The normalized spacial score (nSPS) is 14.9. The van der Waals surface area contributed by atoms with Crippen molar-refractivity contribution in [2.75, 3.05) is 38.6 Å². The largest absolute Gasteiger partial charge is 0.496 e. The van der Waals surface area contributed by atoms with E-state index in [1.165, 1.54) is 23.1 Å². The van der Waals surface area contributed by atoms with Gasteiger partial charge in [0.1, 0.15) is 23.9 Å². The lowest BCUT2D eigenvalue weighted by molar-refractivity contribution is -0.917. The number of halogens is 2. The van der Waals surface area contributed by atoms with Gasteiger partial charge in [-0.25, -0.2) is 8.78 Å². The van der Waals surface area contributed by atoms with E-state index in [4.69, 9.17) is 17.0 Å². The Balaban J connectivity index is 1.54. The minimum Gasteiger partial charge on any atom is -0.496 e. The number of benzene rings is 2. The van der Waals surface area contributed by atoms with Crippen LogP contribution in [0.25, 0.3) is 0 Å². The van der Waals surface area contributed by atoms with Crippen LogP contribution in [0.1, 0.15) is 11.1 Å². The summed E-state index contributed by atoms with van der Waals surface area (Å²) in [7, 11) is 1.60. The maximum Gasteiger partial charge on any atom is 0.173 e. The minimum absolute atomic E-state index is 0.249. The second kappa shape index (κ2) is 8.63. The fraction of sp³-hybridized carbons (Fsp3) is 0.350. The second-order valence-corrected chi connectivity index (χ2v) is 7.15. The maximum atomic E-state index is 13.7. The lowest BCUT2D eigenvalue weighted by Gasteiger charge is -2.34. The van der Waals surface area contributed by atoms with Gasteiger partial charge in [-0.1, -0.05) is 6.07 Å². The summed E-state index contributed by atoms with van der Waals surface area (Å²) in [4.78, 5) is 3.43. The highest BCUT2D eigenvalue weighted by atomic mass is 32.1. The molecule has 1 aliphatic heterocycles. The SMILES string of the molecule is COc1ccc(F)cc1C[NH+]1CCN(C(=S)Nc2ccc(C)c(F)c2)CC1. The Morgan fingerprint density at radius 1 is 1.19 bits per heavy atom. The van der Waals surface area contributed by atoms with Crippen LogP contribution >= 0.6 is 12.2 Å². The van der Waals surface area contributed by atoms with E-state index in [0.29, 0.717) is 28.7 Å². The molecule has 0 spiro atoms. The summed E-state index contributed by atoms with van der Waals surface area (Å²) >= 11 is 5.47. The van der Waals surface area contributed by atoms with E-state index >= 15 is 0 Å². The molecule has 7 heteroatoms. The number of methoxy groups -OCH3 is 1. The Morgan fingerprint density at radius 2 is 1.93 bits per heavy atom. The predicted molar refractivity (Wildman–Crippen MR) is 106 cm³/mol. The first-order chi connectivity index (χ1) is 13.0. The average Bonchev–Trinajstić information content (AvgIpc) is 2.65. The number of quaternary nitrogens is 1. The third-order valence-corrected chi connectivity index (χ3v) is 5.22. The van der Waals surface area contributed by atoms with Crippen molar-refractivity contribution in [3.8, 4) is 5.75 Å². The molecule has 2 aromatic carbocycles. The molecular formula is C20H24F2N3OS+. The Bertz CT molecular complexity index is 823. The molecule has 0 aliphatic carbocycles. The minimum atomic E-state index is -0.250. The molecule has 0 atom stereocenters. The molecule has 1 saturated heterocycles. The molecule has 0 unspecified atom stereocenters. The number of nitrogens with one attached hydrogen (secondary N) is 2. The smallest absolute Gasteiger partial charge is 0.173 e. The van der Waals surface area contributed by atoms with Crippen molar-refractivity contribution in [3.63, 3.8) is 0 Å². The summed E-state index contributed by atoms with van der Waals surface area (Å²) < 4.78 is 32.6. The topological polar surface area (TPSA) is 28.9 Å². The number of anilines is 1. The van der Waals surface area contributed by atoms with Gasteiger partial charge < -0.3 is 19.9 Å². The van der Waals surface area contributed by atoms with E-state index in [1.807, 2.05) is 6.07 Å². The summed E-state index contributed by atoms with van der Waals surface area (Å²) in [6, 6.07) is 9.63. The zero-order valence-electron chi connectivity index (χ0n) is 15.5. The molecule has 0 radical (unpaired) electrons. The Labute approximate surface area is 163 Å². The molecule has 0 saturated carbocycles. The lowest BCUT2D eigenvalue weighted by atomic mass is 10.1. The first kappa shape index (κ1) is 19.5. The molecule has 0 amide bonds. The van der Waals surface area contributed by atoms with Gasteiger partial charge in [0.15, 0.2) is 5.11 Å². The third kappa shape index (κ3) is 4.93. The van der Waals surface area contributed by atoms with Crippen LogP contribution in [0.5, 0.6) is 5.75 Å². The molecule has 2 N–H and O–H groups in total. The molecule has 0 aromatic heterocycles. The third-order valence-electron chi connectivity index (χ3n) is 4.86. The molecule has 2 aromatic rings. The van der Waals surface area contributed by atoms with Crippen LogP contribution in [-0.4, -0.2) is 43.3 Å². The van der Waals surface area contributed by atoms with Gasteiger partial charge in [-0.05, 0) is 55.0 Å². The quantitative estimate of drug-likeness (QED) is 0.782. The molecule has 4 nitrogen and oxygen atoms in total. The Kier molecular flexibility index (Phi) is 6.23. The van der Waals surface area contributed by atoms with Crippen LogP contribution in [0.15, 0.2) is 36.4 Å². The van der Waals surface area contributed by atoms with E-state index in [0.717, 1.165) is 31.7 Å². The van der Waals surface area contributed by atoms with Gasteiger partial charge in [-0.3, -0.25) is 0 Å². The van der Waals surface area contributed by atoms with Crippen LogP contribution < -0.4 is 15.0 Å². The van der Waals surface area contributed by atoms with E-state index in [-0.39, 0.29) is 11.6 Å². The van der Waals surface area contributed by atoms with Crippen molar-refractivity contribution in [2.24, 2.45) is 0 Å². The van der Waals surface area contributed by atoms with Crippen molar-refractivity contribution in [3.05, 3.63) is 59.2 Å². The molecular weight excluding hydrogens is 368 g/mol. The predicted octanol–water partition coefficient (Wildman–Crippen LogP) is 2.38. The second-order valence-electron chi connectivity index (χ2n) is 6.76. The van der Waals surface area contributed by atoms with Crippen LogP contribution in [0, 0.1) is 18.6 Å². The molecule has 1 fully saturated rings. The van der Waals surface area contributed by atoms with Gasteiger partial charge in [0.05, 0.1) is 38.9 Å². The summed E-state index contributed by atoms with van der Waals surface area (Å²) in [5, 5.41) is 3.71. The van der Waals surface area contributed by atoms with Crippen LogP contribution in [0.3, 0.4) is 0 Å². The zero-order chi connectivity index (χ0) is 19.4. The maximum absolute atomic E-state index is 13.7. The number of nitrogens with zero attached hydrogens (tertiary/aromatic N) is 1. The molecule has 144 valence electrons. The van der Waals surface area contributed by atoms with Gasteiger partial charge in [0.2, 0.25) is 0 Å².